The summed E-state index contributed by atoms with van der Waals surface area (Å²) in [5.41, 5.74) is 9.48. The average molecular weight is 541 g/mol. The highest BCUT2D eigenvalue weighted by Gasteiger charge is 2.25. The number of tetrazole rings is 1. The number of hydrazone groups is 1. The molecule has 2 aromatic carbocycles. The molecule has 1 N–H and O–H groups in total. The topological polar surface area (TPSA) is 101 Å². The number of nitrogens with one attached hydrogen (secondary N) is 1. The Hall–Kier alpha value is -4.31. The fourth-order valence-corrected chi connectivity index (χ4v) is 5.10. The molecule has 1 fully saturated rings. The van der Waals surface area contributed by atoms with Gasteiger partial charge in [0.05, 0.1) is 19.4 Å². The molecule has 2 aliphatic rings. The van der Waals surface area contributed by atoms with E-state index in [2.05, 4.69) is 79.9 Å². The number of hydrogen-bond acceptors (Lipinski definition) is 8. The molecule has 208 valence electrons. The lowest BCUT2D eigenvalue weighted by Crippen LogP contribution is -2.36. The van der Waals surface area contributed by atoms with E-state index in [-0.39, 0.29) is 12.5 Å². The number of allylic oxidation sites excluding steroid dienone is 2. The van der Waals surface area contributed by atoms with Gasteiger partial charge < -0.3 is 14.5 Å². The van der Waals surface area contributed by atoms with Crippen LogP contribution in [0.5, 0.6) is 0 Å². The van der Waals surface area contributed by atoms with E-state index in [9.17, 15) is 4.79 Å². The monoisotopic (exact) mass is 540 g/mol. The lowest BCUT2D eigenvalue weighted by molar-refractivity contribution is -0.122. The molecule has 0 spiro atoms. The van der Waals surface area contributed by atoms with Crippen molar-refractivity contribution in [2.24, 2.45) is 5.10 Å². The van der Waals surface area contributed by atoms with E-state index in [0.717, 1.165) is 50.2 Å². The third-order valence-corrected chi connectivity index (χ3v) is 7.14. The quantitative estimate of drug-likeness (QED) is 0.309. The first-order chi connectivity index (χ1) is 19.6. The summed E-state index contributed by atoms with van der Waals surface area (Å²) < 4.78 is 5.61. The zero-order chi connectivity index (χ0) is 27.7. The Morgan fingerprint density at radius 2 is 1.80 bits per heavy atom. The number of morpholine rings is 1. The first kappa shape index (κ1) is 27.3. The number of rotatable bonds is 10. The highest BCUT2D eigenvalue weighted by atomic mass is 16.5. The molecule has 1 aromatic heterocycles. The predicted octanol–water partition coefficient (Wildman–Crippen LogP) is 3.75. The normalized spacial score (nSPS) is 16.8. The molecule has 10 nitrogen and oxygen atoms in total. The first-order valence-corrected chi connectivity index (χ1v) is 13.9. The zero-order valence-electron chi connectivity index (χ0n) is 23.2. The van der Waals surface area contributed by atoms with Gasteiger partial charge in [0.1, 0.15) is 6.54 Å². The van der Waals surface area contributed by atoms with Gasteiger partial charge in [-0.1, -0.05) is 42.5 Å². The van der Waals surface area contributed by atoms with Crippen LogP contribution in [0.25, 0.3) is 17.5 Å². The molecule has 0 bridgehead atoms. The van der Waals surface area contributed by atoms with Crippen LogP contribution in [0, 0.1) is 0 Å². The molecule has 1 amide bonds. The van der Waals surface area contributed by atoms with Gasteiger partial charge in [-0.25, -0.2) is 5.43 Å². The molecule has 2 heterocycles. The fourth-order valence-electron chi connectivity index (χ4n) is 5.10. The molecule has 0 radical (unpaired) electrons. The van der Waals surface area contributed by atoms with Gasteiger partial charge in [0.2, 0.25) is 5.82 Å². The Kier molecular flexibility index (Phi) is 8.97. The van der Waals surface area contributed by atoms with Gasteiger partial charge in [-0.05, 0) is 66.8 Å². The second-order valence-electron chi connectivity index (χ2n) is 9.71. The molecular weight excluding hydrogens is 504 g/mol. The Morgan fingerprint density at radius 3 is 2.52 bits per heavy atom. The maximum Gasteiger partial charge on any atom is 0.263 e. The predicted molar refractivity (Wildman–Crippen MR) is 157 cm³/mol. The van der Waals surface area contributed by atoms with Gasteiger partial charge in [-0.3, -0.25) is 4.79 Å². The first-order valence-electron chi connectivity index (χ1n) is 13.9. The van der Waals surface area contributed by atoms with Gasteiger partial charge in [-0.2, -0.15) is 9.90 Å². The van der Waals surface area contributed by atoms with Crippen molar-refractivity contribution in [3.05, 3.63) is 77.0 Å². The molecule has 0 atom stereocenters. The highest BCUT2D eigenvalue weighted by molar-refractivity contribution is 5.85. The summed E-state index contributed by atoms with van der Waals surface area (Å²) in [7, 11) is 0. The maximum atomic E-state index is 12.5. The number of nitrogens with zero attached hydrogens (tertiary/aromatic N) is 7. The van der Waals surface area contributed by atoms with Crippen molar-refractivity contribution in [1.29, 1.82) is 0 Å². The molecule has 0 unspecified atom stereocenters. The minimum absolute atomic E-state index is 0.0683. The lowest BCUT2D eigenvalue weighted by Gasteiger charge is -2.31. The zero-order valence-corrected chi connectivity index (χ0v) is 23.2. The van der Waals surface area contributed by atoms with Gasteiger partial charge in [0.25, 0.3) is 5.91 Å². The number of anilines is 1. The maximum absolute atomic E-state index is 12.5. The van der Waals surface area contributed by atoms with Crippen molar-refractivity contribution in [3.63, 3.8) is 0 Å². The third kappa shape index (κ3) is 6.63. The third-order valence-electron chi connectivity index (χ3n) is 7.14. The van der Waals surface area contributed by atoms with Crippen LogP contribution in [0.4, 0.5) is 5.69 Å². The van der Waals surface area contributed by atoms with Crippen molar-refractivity contribution in [1.82, 2.24) is 30.5 Å². The van der Waals surface area contributed by atoms with Gasteiger partial charge >= 0.3 is 0 Å². The van der Waals surface area contributed by atoms with Gasteiger partial charge in [-0.15, -0.1) is 10.2 Å². The van der Waals surface area contributed by atoms with E-state index in [0.29, 0.717) is 19.0 Å². The van der Waals surface area contributed by atoms with Crippen molar-refractivity contribution in [2.75, 3.05) is 44.3 Å². The van der Waals surface area contributed by atoms with E-state index in [1.807, 2.05) is 30.3 Å². The molecule has 0 saturated carbocycles. The van der Waals surface area contributed by atoms with E-state index in [1.54, 1.807) is 6.21 Å². The van der Waals surface area contributed by atoms with Crippen LogP contribution in [-0.2, 0) is 16.1 Å². The average Bonchev–Trinajstić information content (AvgIpc) is 3.62. The van der Waals surface area contributed by atoms with Crippen LogP contribution in [0.15, 0.2) is 76.5 Å². The summed E-state index contributed by atoms with van der Waals surface area (Å²) in [6, 6.07) is 18.3. The smallest absolute Gasteiger partial charge is 0.263 e. The molecule has 3 aromatic rings. The number of amides is 1. The summed E-state index contributed by atoms with van der Waals surface area (Å²) in [4.78, 5) is 18.5. The number of carbonyl (C=O) groups is 1. The van der Waals surface area contributed by atoms with E-state index >= 15 is 0 Å². The molecule has 40 heavy (non-hydrogen) atoms. The summed E-state index contributed by atoms with van der Waals surface area (Å²) in [6.45, 7) is 9.33. The van der Waals surface area contributed by atoms with Gasteiger partial charge in [0.15, 0.2) is 0 Å². The second-order valence-corrected chi connectivity index (χ2v) is 9.71. The van der Waals surface area contributed by atoms with Crippen molar-refractivity contribution >= 4 is 23.9 Å². The summed E-state index contributed by atoms with van der Waals surface area (Å²) >= 11 is 0. The molecule has 1 aliphatic heterocycles. The van der Waals surface area contributed by atoms with Gasteiger partial charge in [0, 0.05) is 43.1 Å². The van der Waals surface area contributed by atoms with Crippen LogP contribution in [0.2, 0.25) is 0 Å². The number of ether oxygens (including phenoxy) is 1. The van der Waals surface area contributed by atoms with Crippen molar-refractivity contribution in [2.45, 2.75) is 33.2 Å². The summed E-state index contributed by atoms with van der Waals surface area (Å²) in [5.74, 6) is 0.161. The Bertz CT molecular complexity index is 1370. The van der Waals surface area contributed by atoms with Crippen LogP contribution in [0.3, 0.4) is 0 Å². The molecule has 1 aliphatic carbocycles. The van der Waals surface area contributed by atoms with Crippen LogP contribution < -0.4 is 10.3 Å². The van der Waals surface area contributed by atoms with Crippen molar-refractivity contribution in [3.8, 4) is 11.4 Å². The second kappa shape index (κ2) is 13.2. The molecule has 10 heteroatoms. The Balaban J connectivity index is 1.28. The summed E-state index contributed by atoms with van der Waals surface area (Å²) in [6.07, 6.45) is 5.83. The summed E-state index contributed by atoms with van der Waals surface area (Å²) in [5, 5.41) is 16.6. The van der Waals surface area contributed by atoms with Crippen LogP contribution in [-0.4, -0.2) is 76.6 Å². The largest absolute Gasteiger partial charge is 0.378 e. The van der Waals surface area contributed by atoms with E-state index in [1.165, 1.54) is 27.3 Å². The van der Waals surface area contributed by atoms with Crippen molar-refractivity contribution < 1.29 is 9.53 Å². The number of benzene rings is 2. The van der Waals surface area contributed by atoms with Crippen LogP contribution >= 0.6 is 0 Å². The molecule has 5 rings (SSSR count). The Labute approximate surface area is 235 Å². The number of hydrogen-bond donors (Lipinski definition) is 1. The number of aromatic nitrogens is 4. The molecular formula is C30H36N8O2. The minimum Gasteiger partial charge on any atom is -0.378 e. The standard InChI is InChI=1S/C30H36N8O2/c1-3-36(4-2)27-14-10-23(11-15-27)20-25-12-13-26(29(25)37-16-18-40-19-17-37)21-31-32-28(39)22-38-34-30(33-35-38)24-8-6-5-7-9-24/h5-11,14-15,20-21H,3-4,12-13,16-19,22H2,1-2H3,(H,32,39)/b25-20-,31-21?. The Morgan fingerprint density at radius 1 is 1.05 bits per heavy atom. The number of carbonyl (C=O) groups excluding carboxylic acids is 1. The van der Waals surface area contributed by atoms with Crippen LogP contribution in [0.1, 0.15) is 32.3 Å². The SMILES string of the molecule is CCN(CC)c1ccc(/C=C2/CCC(C=NNC(=O)Cn3nnc(-c4ccccc4)n3)=C2N2CCOCC2)cc1. The fraction of sp³-hybridized carbons (Fsp3) is 0.367. The highest BCUT2D eigenvalue weighted by Crippen LogP contribution is 2.35. The lowest BCUT2D eigenvalue weighted by atomic mass is 10.1. The molecule has 1 saturated heterocycles. The van der Waals surface area contributed by atoms with E-state index < -0.39 is 0 Å². The van der Waals surface area contributed by atoms with E-state index in [4.69, 9.17) is 4.74 Å². The minimum atomic E-state index is -0.316.